The average Bonchev–Trinajstić information content (AvgIpc) is 3.31. The molecule has 7 nitrogen and oxygen atoms in total. The van der Waals surface area contributed by atoms with E-state index < -0.39 is 6.04 Å². The van der Waals surface area contributed by atoms with Crippen LogP contribution in [0.5, 0.6) is 0 Å². The van der Waals surface area contributed by atoms with E-state index >= 15 is 0 Å². The van der Waals surface area contributed by atoms with Crippen LogP contribution >= 0.6 is 0 Å². The van der Waals surface area contributed by atoms with Crippen LogP contribution < -0.4 is 21.7 Å². The summed E-state index contributed by atoms with van der Waals surface area (Å²) in [7, 11) is 0. The maximum atomic E-state index is 13.2. The number of pyridine rings is 1. The van der Waals surface area contributed by atoms with E-state index in [9.17, 15) is 9.59 Å². The molecule has 0 saturated carbocycles. The molecule has 3 aromatic rings. The Labute approximate surface area is 187 Å². The molecule has 1 saturated heterocycles. The number of amides is 2. The van der Waals surface area contributed by atoms with Gasteiger partial charge in [-0.25, -0.2) is 0 Å². The summed E-state index contributed by atoms with van der Waals surface area (Å²) in [6, 6.07) is 18.5. The molecule has 1 aliphatic heterocycles. The summed E-state index contributed by atoms with van der Waals surface area (Å²) in [5.74, 6) is -0.353. The molecular formula is C25H29N5O2. The van der Waals surface area contributed by atoms with Gasteiger partial charge in [-0.15, -0.1) is 0 Å². The van der Waals surface area contributed by atoms with Gasteiger partial charge in [0.25, 0.3) is 0 Å². The number of hydrogen-bond donors (Lipinski definition) is 4. The number of nitrogens with zero attached hydrogens (tertiary/aromatic N) is 1. The molecule has 0 aliphatic carbocycles. The molecule has 2 heterocycles. The summed E-state index contributed by atoms with van der Waals surface area (Å²) >= 11 is 0. The van der Waals surface area contributed by atoms with Crippen LogP contribution in [0.1, 0.15) is 18.4 Å². The van der Waals surface area contributed by atoms with Gasteiger partial charge in [-0.3, -0.25) is 14.6 Å². The molecule has 0 bridgehead atoms. The van der Waals surface area contributed by atoms with Crippen LogP contribution in [0.3, 0.4) is 0 Å². The largest absolute Gasteiger partial charge is 0.343 e. The molecule has 166 valence electrons. The van der Waals surface area contributed by atoms with Gasteiger partial charge in [-0.2, -0.15) is 0 Å². The Morgan fingerprint density at radius 3 is 2.72 bits per heavy atom. The first-order chi connectivity index (χ1) is 15.6. The number of aryl methyl sites for hydroxylation is 1. The molecule has 7 heteroatoms. The second-order valence-corrected chi connectivity index (χ2v) is 8.21. The summed E-state index contributed by atoms with van der Waals surface area (Å²) in [4.78, 5) is 30.5. The number of rotatable bonds is 8. The second-order valence-electron chi connectivity index (χ2n) is 8.21. The third-order valence-electron chi connectivity index (χ3n) is 5.99. The summed E-state index contributed by atoms with van der Waals surface area (Å²) < 4.78 is 0. The van der Waals surface area contributed by atoms with E-state index in [1.807, 2.05) is 60.7 Å². The molecular weight excluding hydrogens is 402 g/mol. The van der Waals surface area contributed by atoms with Crippen molar-refractivity contribution in [3.05, 3.63) is 72.4 Å². The minimum atomic E-state index is -0.671. The molecule has 1 fully saturated rings. The summed E-state index contributed by atoms with van der Waals surface area (Å²) in [5.41, 5.74) is 8.41. The average molecular weight is 432 g/mol. The highest BCUT2D eigenvalue weighted by Crippen LogP contribution is 2.18. The van der Waals surface area contributed by atoms with Crippen molar-refractivity contribution in [3.8, 4) is 0 Å². The number of nitrogens with two attached hydrogens (primary N) is 1. The highest BCUT2D eigenvalue weighted by atomic mass is 16.2. The first-order valence-electron chi connectivity index (χ1n) is 11.1. The Bertz CT molecular complexity index is 1070. The van der Waals surface area contributed by atoms with Crippen molar-refractivity contribution in [3.63, 3.8) is 0 Å². The summed E-state index contributed by atoms with van der Waals surface area (Å²) in [6.07, 6.45) is 3.66. The monoisotopic (exact) mass is 431 g/mol. The highest BCUT2D eigenvalue weighted by Gasteiger charge is 2.33. The molecule has 0 radical (unpaired) electrons. The fourth-order valence-corrected chi connectivity index (χ4v) is 4.17. The van der Waals surface area contributed by atoms with Crippen LogP contribution in [0.25, 0.3) is 10.9 Å². The van der Waals surface area contributed by atoms with Crippen LogP contribution in [0, 0.1) is 5.92 Å². The molecule has 4 rings (SSSR count). The zero-order valence-electron chi connectivity index (χ0n) is 18.0. The molecule has 2 amide bonds. The lowest BCUT2D eigenvalue weighted by molar-refractivity contribution is -0.128. The Morgan fingerprint density at radius 2 is 1.91 bits per heavy atom. The SMILES string of the molecule is NC[C@@H]1CCN[C@H]1C(=O)N[C@H](CCc1ccccc1)C(=O)Nc1cnc2ccccc2c1. The van der Waals surface area contributed by atoms with E-state index in [1.165, 1.54) is 0 Å². The summed E-state index contributed by atoms with van der Waals surface area (Å²) in [5, 5.41) is 10.0. The molecule has 3 atom stereocenters. The van der Waals surface area contributed by atoms with Gasteiger partial charge in [-0.05, 0) is 56.0 Å². The van der Waals surface area contributed by atoms with Gasteiger partial charge in [0.2, 0.25) is 11.8 Å². The van der Waals surface area contributed by atoms with Crippen LogP contribution in [0.2, 0.25) is 0 Å². The Hall–Kier alpha value is -3.29. The van der Waals surface area contributed by atoms with Crippen molar-refractivity contribution in [2.75, 3.05) is 18.4 Å². The zero-order valence-corrected chi connectivity index (χ0v) is 18.0. The first kappa shape index (κ1) is 21.9. The number of nitrogens with one attached hydrogen (secondary N) is 3. The van der Waals surface area contributed by atoms with Gasteiger partial charge < -0.3 is 21.7 Å². The van der Waals surface area contributed by atoms with Crippen LogP contribution in [-0.4, -0.2) is 42.0 Å². The zero-order chi connectivity index (χ0) is 22.3. The Balaban J connectivity index is 1.48. The lowest BCUT2D eigenvalue weighted by atomic mass is 9.99. The number of benzene rings is 2. The number of hydrogen-bond acceptors (Lipinski definition) is 5. The number of aromatic nitrogens is 1. The fraction of sp³-hybridized carbons (Fsp3) is 0.320. The molecule has 1 aliphatic rings. The quantitative estimate of drug-likeness (QED) is 0.437. The molecule has 5 N–H and O–H groups in total. The second kappa shape index (κ2) is 10.3. The Morgan fingerprint density at radius 1 is 1.12 bits per heavy atom. The van der Waals surface area contributed by atoms with Crippen molar-refractivity contribution in [1.82, 2.24) is 15.6 Å². The third kappa shape index (κ3) is 5.30. The first-order valence-corrected chi connectivity index (χ1v) is 11.1. The van der Waals surface area contributed by atoms with Gasteiger partial charge in [0.15, 0.2) is 0 Å². The predicted molar refractivity (Wildman–Crippen MR) is 126 cm³/mol. The van der Waals surface area contributed by atoms with E-state index in [2.05, 4.69) is 20.9 Å². The smallest absolute Gasteiger partial charge is 0.247 e. The number of carbonyl (C=O) groups excluding carboxylic acids is 2. The maximum Gasteiger partial charge on any atom is 0.247 e. The lowest BCUT2D eigenvalue weighted by Crippen LogP contribution is -2.52. The minimum Gasteiger partial charge on any atom is -0.343 e. The van der Waals surface area contributed by atoms with Crippen LogP contribution in [-0.2, 0) is 16.0 Å². The topological polar surface area (TPSA) is 109 Å². The van der Waals surface area contributed by atoms with E-state index in [1.54, 1.807) is 6.20 Å². The van der Waals surface area contributed by atoms with Gasteiger partial charge in [0.1, 0.15) is 6.04 Å². The fourth-order valence-electron chi connectivity index (χ4n) is 4.17. The number of anilines is 1. The van der Waals surface area contributed by atoms with Gasteiger partial charge in [0, 0.05) is 5.39 Å². The van der Waals surface area contributed by atoms with Crippen molar-refractivity contribution < 1.29 is 9.59 Å². The molecule has 32 heavy (non-hydrogen) atoms. The number of carbonyl (C=O) groups is 2. The van der Waals surface area contributed by atoms with Crippen molar-refractivity contribution in [2.45, 2.75) is 31.3 Å². The van der Waals surface area contributed by atoms with Crippen molar-refractivity contribution in [1.29, 1.82) is 0 Å². The van der Waals surface area contributed by atoms with Gasteiger partial charge >= 0.3 is 0 Å². The number of fused-ring (bicyclic) bond motifs is 1. The lowest BCUT2D eigenvalue weighted by Gasteiger charge is -2.23. The van der Waals surface area contributed by atoms with E-state index in [0.717, 1.165) is 29.4 Å². The molecule has 2 aromatic carbocycles. The Kier molecular flexibility index (Phi) is 7.09. The van der Waals surface area contributed by atoms with Gasteiger partial charge in [0.05, 0.1) is 23.4 Å². The van der Waals surface area contributed by atoms with E-state index in [-0.39, 0.29) is 23.8 Å². The minimum absolute atomic E-state index is 0.0810. The van der Waals surface area contributed by atoms with Gasteiger partial charge in [-0.1, -0.05) is 48.5 Å². The molecule has 1 aromatic heterocycles. The summed E-state index contributed by atoms with van der Waals surface area (Å²) in [6.45, 7) is 1.19. The number of para-hydroxylation sites is 1. The standard InChI is InChI=1S/C25H29N5O2/c26-15-19-12-13-27-23(19)25(32)30-22(11-10-17-6-2-1-3-7-17)24(31)29-20-14-18-8-4-5-9-21(18)28-16-20/h1-9,14,16,19,22-23,27H,10-13,15,26H2,(H,29,31)(H,30,32)/t19-,22+,23+/m0/s1. The van der Waals surface area contributed by atoms with Crippen molar-refractivity contribution >= 4 is 28.4 Å². The molecule has 0 spiro atoms. The van der Waals surface area contributed by atoms with Crippen LogP contribution in [0.15, 0.2) is 66.9 Å². The third-order valence-corrected chi connectivity index (χ3v) is 5.99. The van der Waals surface area contributed by atoms with E-state index in [4.69, 9.17) is 5.73 Å². The van der Waals surface area contributed by atoms with Crippen molar-refractivity contribution in [2.24, 2.45) is 11.7 Å². The van der Waals surface area contributed by atoms with Crippen LogP contribution in [0.4, 0.5) is 5.69 Å². The van der Waals surface area contributed by atoms with E-state index in [0.29, 0.717) is 25.1 Å². The predicted octanol–water partition coefficient (Wildman–Crippen LogP) is 2.23. The molecule has 0 unspecified atom stereocenters. The maximum absolute atomic E-state index is 13.2. The normalized spacial score (nSPS) is 18.9. The highest BCUT2D eigenvalue weighted by molar-refractivity contribution is 5.99.